The Morgan fingerprint density at radius 1 is 1.12 bits per heavy atom. The molecule has 174 valence electrons. The fourth-order valence-corrected chi connectivity index (χ4v) is 4.89. The van der Waals surface area contributed by atoms with Crippen molar-refractivity contribution in [2.75, 3.05) is 0 Å². The molecule has 2 aromatic heterocycles. The molecule has 1 unspecified atom stereocenters. The summed E-state index contributed by atoms with van der Waals surface area (Å²) in [6, 6.07) is 15.5. The highest BCUT2D eigenvalue weighted by Gasteiger charge is 2.43. The molecule has 1 atom stereocenters. The van der Waals surface area contributed by atoms with Crippen LogP contribution >= 0.6 is 0 Å². The number of H-pyrrole nitrogens is 1. The number of benzene rings is 2. The van der Waals surface area contributed by atoms with Crippen LogP contribution in [0.25, 0.3) is 11.3 Å². The second kappa shape index (κ2) is 7.90. The van der Waals surface area contributed by atoms with Gasteiger partial charge in [-0.1, -0.05) is 51.1 Å². The summed E-state index contributed by atoms with van der Waals surface area (Å²) < 4.78 is 5.57. The molecule has 6 nitrogen and oxygen atoms in total. The van der Waals surface area contributed by atoms with Crippen molar-refractivity contribution in [2.45, 2.75) is 52.6 Å². The summed E-state index contributed by atoms with van der Waals surface area (Å²) in [5.74, 6) is 0.726. The molecule has 1 aliphatic rings. The first kappa shape index (κ1) is 22.0. The van der Waals surface area contributed by atoms with Crippen LogP contribution in [0.5, 0.6) is 5.75 Å². The molecule has 0 aliphatic carbocycles. The Balaban J connectivity index is 1.68. The van der Waals surface area contributed by atoms with Gasteiger partial charge in [-0.15, -0.1) is 0 Å². The lowest BCUT2D eigenvalue weighted by molar-refractivity contribution is 0.0717. The molecule has 5 rings (SSSR count). The zero-order chi connectivity index (χ0) is 24.2. The van der Waals surface area contributed by atoms with E-state index >= 15 is 0 Å². The zero-order valence-electron chi connectivity index (χ0n) is 20.1. The topological polar surface area (TPSA) is 82.4 Å². The predicted molar refractivity (Wildman–Crippen MR) is 131 cm³/mol. The highest BCUT2D eigenvalue weighted by atomic mass is 16.3. The number of hydrogen-bond acceptors (Lipinski definition) is 4. The monoisotopic (exact) mass is 455 g/mol. The van der Waals surface area contributed by atoms with E-state index in [1.165, 1.54) is 5.56 Å². The highest BCUT2D eigenvalue weighted by molar-refractivity contribution is 6.00. The molecular weight excluding hydrogens is 426 g/mol. The third kappa shape index (κ3) is 3.59. The summed E-state index contributed by atoms with van der Waals surface area (Å²) in [6.45, 7) is 10.8. The molecule has 2 aromatic carbocycles. The second-order valence-electron chi connectivity index (χ2n) is 10.1. The van der Waals surface area contributed by atoms with Crippen molar-refractivity contribution in [3.05, 3.63) is 94.1 Å². The molecule has 0 saturated heterocycles. The van der Waals surface area contributed by atoms with Crippen molar-refractivity contribution >= 4 is 5.91 Å². The molecule has 2 N–H and O–H groups in total. The lowest BCUT2D eigenvalue weighted by atomic mass is 9.85. The van der Waals surface area contributed by atoms with E-state index in [1.807, 2.05) is 32.0 Å². The van der Waals surface area contributed by atoms with Gasteiger partial charge in [0.2, 0.25) is 0 Å². The van der Waals surface area contributed by atoms with Crippen molar-refractivity contribution in [2.24, 2.45) is 0 Å². The Morgan fingerprint density at radius 3 is 2.47 bits per heavy atom. The van der Waals surface area contributed by atoms with Crippen molar-refractivity contribution < 1.29 is 14.3 Å². The summed E-state index contributed by atoms with van der Waals surface area (Å²) in [4.78, 5) is 15.4. The molecule has 4 aromatic rings. The fraction of sp³-hybridized carbons (Fsp3) is 0.286. The maximum absolute atomic E-state index is 13.6. The Bertz CT molecular complexity index is 1340. The van der Waals surface area contributed by atoms with Crippen molar-refractivity contribution in [3.63, 3.8) is 0 Å². The third-order valence-corrected chi connectivity index (χ3v) is 6.56. The zero-order valence-corrected chi connectivity index (χ0v) is 20.1. The quantitative estimate of drug-likeness (QED) is 0.393. The van der Waals surface area contributed by atoms with Crippen LogP contribution in [0.4, 0.5) is 0 Å². The van der Waals surface area contributed by atoms with Gasteiger partial charge in [-0.3, -0.25) is 9.89 Å². The number of rotatable bonds is 4. The Labute approximate surface area is 199 Å². The molecule has 0 radical (unpaired) electrons. The number of nitrogens with one attached hydrogen (secondary N) is 1. The standard InChI is InChI=1S/C28H29N3O3/c1-16-13-17(2)22(21(32)14-16)24-23-25(30-29-24)27(33)31(15-20-7-6-12-34-20)26(23)18-8-10-19(11-9-18)28(3,4)5/h6-14,26,32H,15H2,1-5H3,(H,29,30). The van der Waals surface area contributed by atoms with Gasteiger partial charge in [-0.25, -0.2) is 0 Å². The second-order valence-corrected chi connectivity index (χ2v) is 10.1. The van der Waals surface area contributed by atoms with E-state index in [9.17, 15) is 9.90 Å². The molecule has 0 saturated carbocycles. The minimum atomic E-state index is -0.365. The van der Waals surface area contributed by atoms with Crippen LogP contribution in [-0.2, 0) is 12.0 Å². The minimum Gasteiger partial charge on any atom is -0.507 e. The fourth-order valence-electron chi connectivity index (χ4n) is 4.89. The first-order chi connectivity index (χ1) is 16.1. The Kier molecular flexibility index (Phi) is 5.12. The van der Waals surface area contributed by atoms with Crippen LogP contribution in [0, 0.1) is 13.8 Å². The van der Waals surface area contributed by atoms with E-state index in [0.29, 0.717) is 29.3 Å². The summed E-state index contributed by atoms with van der Waals surface area (Å²) >= 11 is 0. The van der Waals surface area contributed by atoms with Crippen molar-refractivity contribution in [1.82, 2.24) is 15.1 Å². The molecule has 0 spiro atoms. The van der Waals surface area contributed by atoms with E-state index in [4.69, 9.17) is 4.42 Å². The van der Waals surface area contributed by atoms with Crippen LogP contribution in [-0.4, -0.2) is 26.1 Å². The number of fused-ring (bicyclic) bond motifs is 1. The van der Waals surface area contributed by atoms with Gasteiger partial charge in [0, 0.05) is 11.1 Å². The summed E-state index contributed by atoms with van der Waals surface area (Å²) in [6.07, 6.45) is 1.61. The van der Waals surface area contributed by atoms with E-state index in [2.05, 4.69) is 55.2 Å². The molecule has 0 bridgehead atoms. The number of amides is 1. The number of hydrogen-bond donors (Lipinski definition) is 2. The molecule has 34 heavy (non-hydrogen) atoms. The first-order valence-electron chi connectivity index (χ1n) is 11.5. The van der Waals surface area contributed by atoms with Crippen LogP contribution in [0.2, 0.25) is 0 Å². The van der Waals surface area contributed by atoms with Gasteiger partial charge in [-0.05, 0) is 59.7 Å². The number of furan rings is 1. The van der Waals surface area contributed by atoms with E-state index < -0.39 is 0 Å². The number of nitrogens with zero attached hydrogens (tertiary/aromatic N) is 2. The van der Waals surface area contributed by atoms with Gasteiger partial charge in [0.05, 0.1) is 18.8 Å². The van der Waals surface area contributed by atoms with Crippen molar-refractivity contribution in [1.29, 1.82) is 0 Å². The van der Waals surface area contributed by atoms with E-state index in [1.54, 1.807) is 17.2 Å². The number of phenolic OH excluding ortho intramolecular Hbond substituents is 1. The average molecular weight is 456 g/mol. The van der Waals surface area contributed by atoms with Gasteiger partial charge < -0.3 is 14.4 Å². The van der Waals surface area contributed by atoms with Crippen LogP contribution < -0.4 is 0 Å². The number of phenols is 1. The van der Waals surface area contributed by atoms with Crippen LogP contribution in [0.3, 0.4) is 0 Å². The van der Waals surface area contributed by atoms with E-state index in [0.717, 1.165) is 22.3 Å². The van der Waals surface area contributed by atoms with Crippen LogP contribution in [0.15, 0.2) is 59.2 Å². The van der Waals surface area contributed by atoms with Gasteiger partial charge in [-0.2, -0.15) is 5.10 Å². The number of carbonyl (C=O) groups is 1. The molecule has 1 amide bonds. The summed E-state index contributed by atoms with van der Waals surface area (Å²) in [5.41, 5.74) is 6.58. The lowest BCUT2D eigenvalue weighted by Crippen LogP contribution is -2.29. The number of carbonyl (C=O) groups excluding carboxylic acids is 1. The smallest absolute Gasteiger partial charge is 0.273 e. The molecule has 6 heteroatoms. The number of aryl methyl sites for hydroxylation is 2. The van der Waals surface area contributed by atoms with E-state index in [-0.39, 0.29) is 23.1 Å². The lowest BCUT2D eigenvalue weighted by Gasteiger charge is -2.27. The van der Waals surface area contributed by atoms with Gasteiger partial charge in [0.15, 0.2) is 0 Å². The molecule has 3 heterocycles. The Morgan fingerprint density at radius 2 is 1.85 bits per heavy atom. The first-order valence-corrected chi connectivity index (χ1v) is 11.5. The summed E-state index contributed by atoms with van der Waals surface area (Å²) in [7, 11) is 0. The minimum absolute atomic E-state index is 0.0225. The highest BCUT2D eigenvalue weighted by Crippen LogP contribution is 2.46. The van der Waals surface area contributed by atoms with Crippen LogP contribution in [0.1, 0.15) is 70.9 Å². The van der Waals surface area contributed by atoms with Gasteiger partial charge in [0.1, 0.15) is 22.9 Å². The Hall–Kier alpha value is -3.80. The normalized spacial score (nSPS) is 15.7. The van der Waals surface area contributed by atoms with Crippen molar-refractivity contribution in [3.8, 4) is 17.0 Å². The SMILES string of the molecule is Cc1cc(C)c(-c2n[nH]c3c2C(c2ccc(C(C)(C)C)cc2)N(Cc2ccco2)C3=O)c(O)c1. The van der Waals surface area contributed by atoms with Gasteiger partial charge in [0.25, 0.3) is 5.91 Å². The third-order valence-electron chi connectivity index (χ3n) is 6.56. The largest absolute Gasteiger partial charge is 0.507 e. The maximum Gasteiger partial charge on any atom is 0.273 e. The average Bonchev–Trinajstić information content (AvgIpc) is 3.47. The number of aromatic nitrogens is 2. The molecular formula is C28H29N3O3. The molecule has 0 fully saturated rings. The molecule has 1 aliphatic heterocycles. The summed E-state index contributed by atoms with van der Waals surface area (Å²) in [5, 5.41) is 18.3. The number of aromatic amines is 1. The maximum atomic E-state index is 13.6. The number of aromatic hydroxyl groups is 1. The predicted octanol–water partition coefficient (Wildman–Crippen LogP) is 6.04. The van der Waals surface area contributed by atoms with Gasteiger partial charge >= 0.3 is 0 Å².